The van der Waals surface area contributed by atoms with Crippen molar-refractivity contribution in [3.8, 4) is 0 Å². The summed E-state index contributed by atoms with van der Waals surface area (Å²) in [5, 5.41) is 14.4. The maximum absolute atomic E-state index is 4.35. The lowest BCUT2D eigenvalue weighted by Gasteiger charge is -2.03. The number of hydrogen-bond acceptors (Lipinski definition) is 4. The van der Waals surface area contributed by atoms with Gasteiger partial charge in [-0.2, -0.15) is 0 Å². The molecule has 6 heteroatoms. The van der Waals surface area contributed by atoms with Crippen LogP contribution in [0.2, 0.25) is 0 Å². The minimum absolute atomic E-state index is 0.722. The van der Waals surface area contributed by atoms with Gasteiger partial charge in [-0.3, -0.25) is 4.98 Å². The van der Waals surface area contributed by atoms with E-state index in [9.17, 15) is 0 Å². The summed E-state index contributed by atoms with van der Waals surface area (Å²) >= 11 is 0. The highest BCUT2D eigenvalue weighted by molar-refractivity contribution is 5.38. The average Bonchev–Trinajstić information content (AvgIpc) is 2.85. The smallest absolute Gasteiger partial charge is 0.325 e. The number of nitrogens with zero attached hydrogens (tertiary/aromatic N) is 4. The SMILES string of the molecule is c1cc(CNc2ccc3n[nH]c[n+]3n2)ccn1. The Labute approximate surface area is 97.3 Å². The van der Waals surface area contributed by atoms with Gasteiger partial charge in [0, 0.05) is 30.1 Å². The molecule has 0 fully saturated rings. The van der Waals surface area contributed by atoms with Gasteiger partial charge in [-0.05, 0) is 23.8 Å². The number of aromatic nitrogens is 5. The highest BCUT2D eigenvalue weighted by atomic mass is 15.4. The minimum atomic E-state index is 0.722. The highest BCUT2D eigenvalue weighted by Crippen LogP contribution is 2.03. The Morgan fingerprint density at radius 2 is 2.06 bits per heavy atom. The standard InChI is InChI=1S/C11H10N6/c1-2-11-15-14-8-17(11)16-10(1)13-7-9-3-5-12-6-4-9/h1-6,8H,7H2,(H,13,16)/p+1. The largest absolute Gasteiger partial charge is 0.363 e. The second kappa shape index (κ2) is 4.17. The van der Waals surface area contributed by atoms with Gasteiger partial charge in [0.15, 0.2) is 5.82 Å². The number of aromatic amines is 1. The van der Waals surface area contributed by atoms with E-state index in [0.717, 1.165) is 18.0 Å². The molecule has 3 heterocycles. The van der Waals surface area contributed by atoms with Crippen molar-refractivity contribution in [1.29, 1.82) is 0 Å². The van der Waals surface area contributed by atoms with Gasteiger partial charge in [0.05, 0.1) is 0 Å². The zero-order valence-corrected chi connectivity index (χ0v) is 9.04. The van der Waals surface area contributed by atoms with Crippen molar-refractivity contribution in [1.82, 2.24) is 20.3 Å². The molecule has 0 unspecified atom stereocenters. The number of fused-ring (bicyclic) bond motifs is 1. The van der Waals surface area contributed by atoms with E-state index in [1.54, 1.807) is 23.2 Å². The van der Waals surface area contributed by atoms with E-state index >= 15 is 0 Å². The molecule has 0 aromatic carbocycles. The number of nitrogens with one attached hydrogen (secondary N) is 2. The maximum atomic E-state index is 4.35. The topological polar surface area (TPSA) is 70.6 Å². The van der Waals surface area contributed by atoms with Gasteiger partial charge in [-0.1, -0.05) is 5.10 Å². The Morgan fingerprint density at radius 1 is 1.18 bits per heavy atom. The minimum Gasteiger partial charge on any atom is -0.363 e. The molecule has 3 aromatic heterocycles. The van der Waals surface area contributed by atoms with Crippen LogP contribution in [0.3, 0.4) is 0 Å². The molecule has 0 radical (unpaired) electrons. The van der Waals surface area contributed by atoms with Crippen molar-refractivity contribution in [2.24, 2.45) is 0 Å². The number of pyridine rings is 1. The van der Waals surface area contributed by atoms with Crippen LogP contribution < -0.4 is 9.83 Å². The Hall–Kier alpha value is -2.50. The van der Waals surface area contributed by atoms with Gasteiger partial charge in [-0.15, -0.1) is 9.61 Å². The Morgan fingerprint density at radius 3 is 2.94 bits per heavy atom. The molecule has 0 aliphatic carbocycles. The second-order valence-corrected chi connectivity index (χ2v) is 3.60. The molecular formula is C11H11N6+. The van der Waals surface area contributed by atoms with Gasteiger partial charge >= 0.3 is 5.65 Å². The van der Waals surface area contributed by atoms with Crippen molar-refractivity contribution >= 4 is 11.5 Å². The summed E-state index contributed by atoms with van der Waals surface area (Å²) in [5.74, 6) is 0.806. The molecule has 0 amide bonds. The van der Waals surface area contributed by atoms with Crippen LogP contribution in [0.5, 0.6) is 0 Å². The first-order valence-corrected chi connectivity index (χ1v) is 5.27. The van der Waals surface area contributed by atoms with Crippen molar-refractivity contribution in [3.05, 3.63) is 48.5 Å². The Balaban J connectivity index is 1.76. The Kier molecular flexibility index (Phi) is 2.38. The van der Waals surface area contributed by atoms with Crippen LogP contribution in [-0.2, 0) is 6.54 Å². The predicted molar refractivity (Wildman–Crippen MR) is 61.1 cm³/mol. The zero-order valence-electron chi connectivity index (χ0n) is 9.04. The third-order valence-electron chi connectivity index (χ3n) is 2.42. The van der Waals surface area contributed by atoms with Crippen molar-refractivity contribution in [2.45, 2.75) is 6.54 Å². The third-order valence-corrected chi connectivity index (χ3v) is 2.42. The number of anilines is 1. The van der Waals surface area contributed by atoms with E-state index < -0.39 is 0 Å². The van der Waals surface area contributed by atoms with Crippen LogP contribution in [-0.4, -0.2) is 20.3 Å². The molecule has 3 aromatic rings. The normalized spacial score (nSPS) is 10.6. The molecule has 6 nitrogen and oxygen atoms in total. The molecule has 17 heavy (non-hydrogen) atoms. The van der Waals surface area contributed by atoms with Crippen LogP contribution in [0.4, 0.5) is 5.82 Å². The number of rotatable bonds is 3. The third kappa shape index (κ3) is 2.05. The lowest BCUT2D eigenvalue weighted by Crippen LogP contribution is -2.24. The summed E-state index contributed by atoms with van der Waals surface area (Å²) < 4.78 is 1.69. The quantitative estimate of drug-likeness (QED) is 0.641. The van der Waals surface area contributed by atoms with E-state index in [0.29, 0.717) is 0 Å². The maximum Gasteiger partial charge on any atom is 0.325 e. The van der Waals surface area contributed by atoms with Crippen molar-refractivity contribution in [2.75, 3.05) is 5.32 Å². The molecule has 0 atom stereocenters. The predicted octanol–water partition coefficient (Wildman–Crippen LogP) is 0.550. The van der Waals surface area contributed by atoms with Crippen molar-refractivity contribution in [3.63, 3.8) is 0 Å². The van der Waals surface area contributed by atoms with Crippen LogP contribution >= 0.6 is 0 Å². The molecular weight excluding hydrogens is 216 g/mol. The van der Waals surface area contributed by atoms with Gasteiger partial charge in [0.2, 0.25) is 6.33 Å². The second-order valence-electron chi connectivity index (χ2n) is 3.60. The summed E-state index contributed by atoms with van der Waals surface area (Å²) in [4.78, 5) is 3.97. The lowest BCUT2D eigenvalue weighted by atomic mass is 10.3. The van der Waals surface area contributed by atoms with E-state index in [1.807, 2.05) is 24.3 Å². The van der Waals surface area contributed by atoms with Gasteiger partial charge in [0.25, 0.3) is 0 Å². The average molecular weight is 227 g/mol. The fourth-order valence-electron chi connectivity index (χ4n) is 1.55. The lowest BCUT2D eigenvalue weighted by molar-refractivity contribution is -0.579. The van der Waals surface area contributed by atoms with Gasteiger partial charge in [0.1, 0.15) is 0 Å². The summed E-state index contributed by atoms with van der Waals surface area (Å²) in [7, 11) is 0. The molecule has 0 aliphatic heterocycles. The molecule has 0 saturated carbocycles. The van der Waals surface area contributed by atoms with Crippen LogP contribution in [0.25, 0.3) is 5.65 Å². The molecule has 2 N–H and O–H groups in total. The molecule has 3 rings (SSSR count). The molecule has 0 aliphatic rings. The molecule has 84 valence electrons. The van der Waals surface area contributed by atoms with E-state index in [4.69, 9.17) is 0 Å². The van der Waals surface area contributed by atoms with Crippen LogP contribution in [0.15, 0.2) is 43.0 Å². The first kappa shape index (κ1) is 9.71. The monoisotopic (exact) mass is 227 g/mol. The van der Waals surface area contributed by atoms with Gasteiger partial charge < -0.3 is 5.32 Å². The highest BCUT2D eigenvalue weighted by Gasteiger charge is 2.04. The number of H-pyrrole nitrogens is 1. The van der Waals surface area contributed by atoms with Crippen LogP contribution in [0.1, 0.15) is 5.56 Å². The van der Waals surface area contributed by atoms with E-state index in [1.165, 1.54) is 5.56 Å². The summed E-state index contributed by atoms with van der Waals surface area (Å²) in [6.45, 7) is 0.722. The van der Waals surface area contributed by atoms with E-state index in [2.05, 4.69) is 25.6 Å². The fraction of sp³-hybridized carbons (Fsp3) is 0.0909. The number of hydrogen-bond donors (Lipinski definition) is 2. The van der Waals surface area contributed by atoms with E-state index in [-0.39, 0.29) is 0 Å². The molecule has 0 saturated heterocycles. The van der Waals surface area contributed by atoms with Crippen molar-refractivity contribution < 1.29 is 4.52 Å². The fourth-order valence-corrected chi connectivity index (χ4v) is 1.55. The molecule has 0 spiro atoms. The van der Waals surface area contributed by atoms with Gasteiger partial charge in [-0.25, -0.2) is 0 Å². The molecule has 0 bridgehead atoms. The summed E-state index contributed by atoms with van der Waals surface area (Å²) in [6.07, 6.45) is 5.25. The summed E-state index contributed by atoms with van der Waals surface area (Å²) in [6, 6.07) is 7.74. The zero-order chi connectivity index (χ0) is 11.5. The Bertz CT molecular complexity index is 618. The first-order valence-electron chi connectivity index (χ1n) is 5.27. The summed E-state index contributed by atoms with van der Waals surface area (Å²) in [5.41, 5.74) is 1.96. The first-order chi connectivity index (χ1) is 8.42. The van der Waals surface area contributed by atoms with Crippen LogP contribution in [0, 0.1) is 0 Å².